The first-order valence-electron chi connectivity index (χ1n) is 6.16. The van der Waals surface area contributed by atoms with Crippen LogP contribution in [0.15, 0.2) is 0 Å². The smallest absolute Gasteiger partial charge is 0.0305 e. The molecule has 0 aromatic carbocycles. The van der Waals surface area contributed by atoms with E-state index < -0.39 is 0 Å². The average molecular weight is 213 g/mol. The summed E-state index contributed by atoms with van der Waals surface area (Å²) in [5, 5.41) is 3.19. The van der Waals surface area contributed by atoms with Gasteiger partial charge in [0, 0.05) is 5.54 Å². The third kappa shape index (κ3) is 3.74. The maximum Gasteiger partial charge on any atom is 0.0305 e. The first kappa shape index (κ1) is 12.9. The van der Waals surface area contributed by atoms with Crippen LogP contribution in [0.25, 0.3) is 0 Å². The summed E-state index contributed by atoms with van der Waals surface area (Å²) < 4.78 is 0. The molecule has 1 aliphatic rings. The van der Waals surface area contributed by atoms with Crippen LogP contribution >= 0.6 is 0 Å². The molecule has 1 saturated carbocycles. The highest BCUT2D eigenvalue weighted by Crippen LogP contribution is 2.45. The van der Waals surface area contributed by atoms with Crippen molar-refractivity contribution >= 4 is 0 Å². The van der Waals surface area contributed by atoms with Crippen LogP contribution < -0.4 is 16.6 Å². The van der Waals surface area contributed by atoms with Crippen molar-refractivity contribution in [3.05, 3.63) is 0 Å². The Morgan fingerprint density at radius 2 is 2.00 bits per heavy atom. The van der Waals surface area contributed by atoms with Crippen molar-refractivity contribution < 1.29 is 0 Å². The topological polar surface area (TPSA) is 50.1 Å². The highest BCUT2D eigenvalue weighted by Gasteiger charge is 2.34. The van der Waals surface area contributed by atoms with Crippen molar-refractivity contribution in [1.82, 2.24) is 10.7 Å². The lowest BCUT2D eigenvalue weighted by Gasteiger charge is -2.41. The summed E-state index contributed by atoms with van der Waals surface area (Å²) in [6.45, 7) is 5.66. The zero-order chi connectivity index (χ0) is 11.4. The van der Waals surface area contributed by atoms with Crippen LogP contribution in [0.2, 0.25) is 0 Å². The molecule has 3 heteroatoms. The van der Waals surface area contributed by atoms with E-state index in [2.05, 4.69) is 24.6 Å². The van der Waals surface area contributed by atoms with Crippen LogP contribution in [-0.2, 0) is 0 Å². The van der Waals surface area contributed by atoms with E-state index >= 15 is 0 Å². The fourth-order valence-corrected chi connectivity index (χ4v) is 2.28. The van der Waals surface area contributed by atoms with Crippen molar-refractivity contribution in [2.24, 2.45) is 11.3 Å². The van der Waals surface area contributed by atoms with Crippen LogP contribution in [0, 0.1) is 5.41 Å². The van der Waals surface area contributed by atoms with Gasteiger partial charge in [-0.1, -0.05) is 13.3 Å². The van der Waals surface area contributed by atoms with Crippen molar-refractivity contribution in [1.29, 1.82) is 0 Å². The van der Waals surface area contributed by atoms with E-state index in [1.807, 2.05) is 7.05 Å². The zero-order valence-corrected chi connectivity index (χ0v) is 10.5. The van der Waals surface area contributed by atoms with Gasteiger partial charge in [0.2, 0.25) is 0 Å². The van der Waals surface area contributed by atoms with Crippen molar-refractivity contribution in [2.75, 3.05) is 13.6 Å². The largest absolute Gasteiger partial charge is 0.320 e. The Labute approximate surface area is 94.2 Å². The van der Waals surface area contributed by atoms with Crippen LogP contribution in [0.4, 0.5) is 0 Å². The van der Waals surface area contributed by atoms with E-state index in [4.69, 9.17) is 5.84 Å². The molecule has 0 saturated heterocycles. The van der Waals surface area contributed by atoms with Gasteiger partial charge in [0.25, 0.3) is 0 Å². The number of nitrogens with one attached hydrogen (secondary N) is 2. The van der Waals surface area contributed by atoms with Gasteiger partial charge in [0.15, 0.2) is 0 Å². The monoisotopic (exact) mass is 213 g/mol. The molecule has 3 nitrogen and oxygen atoms in total. The SMILES string of the molecule is CNCCC(C)(CCC1(C)CCC1)NN. The van der Waals surface area contributed by atoms with Gasteiger partial charge in [-0.3, -0.25) is 11.3 Å². The van der Waals surface area contributed by atoms with Crippen LogP contribution in [0.1, 0.15) is 52.4 Å². The summed E-state index contributed by atoms with van der Waals surface area (Å²) in [7, 11) is 1.99. The van der Waals surface area contributed by atoms with Crippen LogP contribution in [-0.4, -0.2) is 19.1 Å². The van der Waals surface area contributed by atoms with E-state index in [0.29, 0.717) is 5.41 Å². The Bertz CT molecular complexity index is 189. The predicted molar refractivity (Wildman–Crippen MR) is 65.5 cm³/mol. The maximum absolute atomic E-state index is 5.66. The zero-order valence-electron chi connectivity index (χ0n) is 10.5. The molecule has 1 unspecified atom stereocenters. The normalized spacial score (nSPS) is 23.2. The van der Waals surface area contributed by atoms with Gasteiger partial charge in [-0.25, -0.2) is 0 Å². The van der Waals surface area contributed by atoms with E-state index in [1.54, 1.807) is 0 Å². The molecule has 1 aliphatic carbocycles. The quantitative estimate of drug-likeness (QED) is 0.446. The van der Waals surface area contributed by atoms with Gasteiger partial charge in [-0.15, -0.1) is 0 Å². The summed E-state index contributed by atoms with van der Waals surface area (Å²) in [5.74, 6) is 5.66. The fraction of sp³-hybridized carbons (Fsp3) is 1.00. The Hall–Kier alpha value is -0.120. The molecule has 90 valence electrons. The molecule has 1 atom stereocenters. The Balaban J connectivity index is 2.31. The van der Waals surface area contributed by atoms with Crippen LogP contribution in [0.3, 0.4) is 0 Å². The molecule has 0 heterocycles. The van der Waals surface area contributed by atoms with E-state index in [0.717, 1.165) is 13.0 Å². The Kier molecular flexibility index (Phi) is 4.56. The second-order valence-electron chi connectivity index (χ2n) is 5.72. The summed E-state index contributed by atoms with van der Waals surface area (Å²) in [5.41, 5.74) is 3.70. The lowest BCUT2D eigenvalue weighted by Crippen LogP contribution is -2.49. The molecular formula is C12H27N3. The minimum atomic E-state index is 0.0988. The lowest BCUT2D eigenvalue weighted by atomic mass is 9.66. The summed E-state index contributed by atoms with van der Waals surface area (Å²) in [6.07, 6.45) is 7.80. The first-order chi connectivity index (χ1) is 7.04. The Morgan fingerprint density at radius 3 is 2.40 bits per heavy atom. The molecule has 0 bridgehead atoms. The predicted octanol–water partition coefficient (Wildman–Crippen LogP) is 1.79. The van der Waals surface area contributed by atoms with E-state index in [9.17, 15) is 0 Å². The minimum absolute atomic E-state index is 0.0988. The molecule has 0 aromatic heterocycles. The third-order valence-corrected chi connectivity index (χ3v) is 4.12. The van der Waals surface area contributed by atoms with Gasteiger partial charge < -0.3 is 5.32 Å². The molecule has 1 rings (SSSR count). The number of hydrogen-bond donors (Lipinski definition) is 3. The number of rotatable bonds is 7. The number of hydrogen-bond acceptors (Lipinski definition) is 3. The highest BCUT2D eigenvalue weighted by atomic mass is 15.3. The third-order valence-electron chi connectivity index (χ3n) is 4.12. The molecule has 0 radical (unpaired) electrons. The molecule has 0 spiro atoms. The van der Waals surface area contributed by atoms with Gasteiger partial charge in [0.05, 0.1) is 0 Å². The van der Waals surface area contributed by atoms with Gasteiger partial charge in [-0.2, -0.15) is 0 Å². The molecular weight excluding hydrogens is 186 g/mol. The van der Waals surface area contributed by atoms with Crippen molar-refractivity contribution in [3.63, 3.8) is 0 Å². The number of hydrazine groups is 1. The lowest BCUT2D eigenvalue weighted by molar-refractivity contribution is 0.122. The molecule has 0 aromatic rings. The maximum atomic E-state index is 5.66. The fourth-order valence-electron chi connectivity index (χ4n) is 2.28. The average Bonchev–Trinajstić information content (AvgIpc) is 2.21. The molecule has 15 heavy (non-hydrogen) atoms. The standard InChI is InChI=1S/C12H27N3/c1-11(5-4-6-11)7-8-12(2,15-13)9-10-14-3/h14-15H,4-10,13H2,1-3H3. The Morgan fingerprint density at radius 1 is 1.33 bits per heavy atom. The van der Waals surface area contributed by atoms with Gasteiger partial charge in [0.1, 0.15) is 0 Å². The van der Waals surface area contributed by atoms with Crippen molar-refractivity contribution in [2.45, 2.75) is 57.9 Å². The van der Waals surface area contributed by atoms with Crippen molar-refractivity contribution in [3.8, 4) is 0 Å². The minimum Gasteiger partial charge on any atom is -0.320 e. The number of nitrogens with two attached hydrogens (primary N) is 1. The molecule has 1 fully saturated rings. The van der Waals surface area contributed by atoms with Gasteiger partial charge in [-0.05, 0) is 58.0 Å². The van der Waals surface area contributed by atoms with Gasteiger partial charge >= 0.3 is 0 Å². The van der Waals surface area contributed by atoms with E-state index in [-0.39, 0.29) is 5.54 Å². The molecule has 4 N–H and O–H groups in total. The first-order valence-corrected chi connectivity index (χ1v) is 6.16. The second-order valence-corrected chi connectivity index (χ2v) is 5.72. The molecule has 0 amide bonds. The second kappa shape index (κ2) is 5.28. The molecule has 0 aliphatic heterocycles. The summed E-state index contributed by atoms with van der Waals surface area (Å²) in [6, 6.07) is 0. The highest BCUT2D eigenvalue weighted by molar-refractivity contribution is 4.89. The summed E-state index contributed by atoms with van der Waals surface area (Å²) in [4.78, 5) is 0. The van der Waals surface area contributed by atoms with E-state index in [1.165, 1.54) is 32.1 Å². The van der Waals surface area contributed by atoms with Crippen LogP contribution in [0.5, 0.6) is 0 Å². The summed E-state index contributed by atoms with van der Waals surface area (Å²) >= 11 is 0.